The second kappa shape index (κ2) is 11.1. The molecule has 0 aliphatic carbocycles. The van der Waals surface area contributed by atoms with Gasteiger partial charge in [0.15, 0.2) is 5.13 Å². The third kappa shape index (κ3) is 6.64. The molecule has 170 valence electrons. The fourth-order valence-electron chi connectivity index (χ4n) is 3.42. The van der Waals surface area contributed by atoms with Gasteiger partial charge >= 0.3 is 6.03 Å². The highest BCUT2D eigenvalue weighted by Crippen LogP contribution is 2.19. The van der Waals surface area contributed by atoms with Crippen LogP contribution in [0.2, 0.25) is 5.02 Å². The van der Waals surface area contributed by atoms with Crippen molar-refractivity contribution in [2.24, 2.45) is 0 Å². The summed E-state index contributed by atoms with van der Waals surface area (Å²) in [5, 5.41) is 8.00. The molecule has 0 saturated carbocycles. The minimum absolute atomic E-state index is 0.114. The fourth-order valence-corrected chi connectivity index (χ4v) is 4.23. The van der Waals surface area contributed by atoms with Crippen LogP contribution < -0.4 is 10.6 Å². The molecule has 0 atom stereocenters. The summed E-state index contributed by atoms with van der Waals surface area (Å²) in [4.78, 5) is 33.4. The van der Waals surface area contributed by atoms with Crippen LogP contribution >= 0.6 is 22.9 Å². The molecule has 9 heteroatoms. The summed E-state index contributed by atoms with van der Waals surface area (Å²) >= 11 is 7.07. The number of amides is 3. The lowest BCUT2D eigenvalue weighted by Gasteiger charge is -2.33. The molecule has 0 radical (unpaired) electrons. The Balaban J connectivity index is 1.23. The fraction of sp³-hybridized carbons (Fsp3) is 0.208. The Morgan fingerprint density at radius 3 is 2.45 bits per heavy atom. The van der Waals surface area contributed by atoms with E-state index in [4.69, 9.17) is 11.6 Å². The number of halogens is 1. The molecule has 1 fully saturated rings. The molecule has 4 rings (SSSR count). The highest BCUT2D eigenvalue weighted by Gasteiger charge is 2.23. The minimum Gasteiger partial charge on any atom is -0.335 e. The summed E-state index contributed by atoms with van der Waals surface area (Å²) < 4.78 is 0. The summed E-state index contributed by atoms with van der Waals surface area (Å²) in [6, 6.07) is 16.6. The summed E-state index contributed by atoms with van der Waals surface area (Å²) in [5.41, 5.74) is 2.14. The molecule has 2 aromatic carbocycles. The first-order valence-electron chi connectivity index (χ1n) is 10.6. The Labute approximate surface area is 201 Å². The van der Waals surface area contributed by atoms with Gasteiger partial charge in [0, 0.05) is 48.8 Å². The average molecular weight is 482 g/mol. The first kappa shape index (κ1) is 23.0. The predicted octanol–water partition coefficient (Wildman–Crippen LogP) is 4.91. The Morgan fingerprint density at radius 2 is 1.73 bits per heavy atom. The van der Waals surface area contributed by atoms with E-state index in [0.717, 1.165) is 19.6 Å². The zero-order valence-electron chi connectivity index (χ0n) is 17.9. The third-order valence-electron chi connectivity index (χ3n) is 5.18. The topological polar surface area (TPSA) is 77.6 Å². The number of piperazine rings is 1. The molecular weight excluding hydrogens is 458 g/mol. The van der Waals surface area contributed by atoms with Gasteiger partial charge in [0.1, 0.15) is 5.69 Å². The van der Waals surface area contributed by atoms with E-state index in [1.807, 2.05) is 23.1 Å². The van der Waals surface area contributed by atoms with Gasteiger partial charge in [-0.2, -0.15) is 0 Å². The largest absolute Gasteiger partial charge is 0.335 e. The highest BCUT2D eigenvalue weighted by molar-refractivity contribution is 7.14. The summed E-state index contributed by atoms with van der Waals surface area (Å²) in [6.07, 6.45) is 4.27. The van der Waals surface area contributed by atoms with E-state index >= 15 is 0 Å². The van der Waals surface area contributed by atoms with Gasteiger partial charge in [0.2, 0.25) is 0 Å². The predicted molar refractivity (Wildman–Crippen MR) is 134 cm³/mol. The lowest BCUT2D eigenvalue weighted by Crippen LogP contribution is -2.48. The zero-order valence-corrected chi connectivity index (χ0v) is 19.5. The van der Waals surface area contributed by atoms with Gasteiger partial charge in [-0.05, 0) is 29.8 Å². The van der Waals surface area contributed by atoms with Crippen LogP contribution in [-0.4, -0.2) is 59.4 Å². The smallest absolute Gasteiger partial charge is 0.325 e. The van der Waals surface area contributed by atoms with Gasteiger partial charge in [-0.25, -0.2) is 9.78 Å². The molecule has 33 heavy (non-hydrogen) atoms. The molecule has 1 aliphatic rings. The number of thiazole rings is 1. The second-order valence-corrected chi connectivity index (χ2v) is 8.82. The SMILES string of the molecule is O=C(Nc1ccc(Cl)cc1)Nc1nc(C(=O)N2CCN(C/C=C/c3ccccc3)CC2)cs1. The quantitative estimate of drug-likeness (QED) is 0.524. The monoisotopic (exact) mass is 481 g/mol. The minimum atomic E-state index is -0.428. The number of urea groups is 1. The molecule has 2 N–H and O–H groups in total. The lowest BCUT2D eigenvalue weighted by atomic mass is 10.2. The second-order valence-electron chi connectivity index (χ2n) is 7.53. The maximum atomic E-state index is 12.8. The van der Waals surface area contributed by atoms with Crippen LogP contribution in [0.1, 0.15) is 16.1 Å². The third-order valence-corrected chi connectivity index (χ3v) is 6.19. The standard InChI is InChI=1S/C24H24ClN5O2S/c25-19-8-10-20(11-9-19)26-23(32)28-24-27-21(17-33-24)22(31)30-15-13-29(14-16-30)12-4-7-18-5-2-1-3-6-18/h1-11,17H,12-16H2,(H2,26,27,28,32)/b7-4+. The molecule has 1 aliphatic heterocycles. The van der Waals surface area contributed by atoms with Crippen LogP contribution in [0, 0.1) is 0 Å². The van der Waals surface area contributed by atoms with Crippen molar-refractivity contribution in [1.29, 1.82) is 0 Å². The average Bonchev–Trinajstić information content (AvgIpc) is 3.29. The van der Waals surface area contributed by atoms with Gasteiger partial charge in [-0.1, -0.05) is 54.1 Å². The first-order chi connectivity index (χ1) is 16.1. The van der Waals surface area contributed by atoms with E-state index < -0.39 is 6.03 Å². The number of carbonyl (C=O) groups excluding carboxylic acids is 2. The Morgan fingerprint density at radius 1 is 1.00 bits per heavy atom. The summed E-state index contributed by atoms with van der Waals surface area (Å²) in [7, 11) is 0. The zero-order chi connectivity index (χ0) is 23.0. The molecular formula is C24H24ClN5O2S. The van der Waals surface area contributed by atoms with Crippen LogP contribution in [0.25, 0.3) is 6.08 Å². The van der Waals surface area contributed by atoms with E-state index in [1.165, 1.54) is 16.9 Å². The number of hydrogen-bond acceptors (Lipinski definition) is 5. The number of anilines is 2. The van der Waals surface area contributed by atoms with E-state index in [1.54, 1.807) is 29.6 Å². The highest BCUT2D eigenvalue weighted by atomic mass is 35.5. The Hall–Kier alpha value is -3.20. The van der Waals surface area contributed by atoms with Crippen LogP contribution in [0.4, 0.5) is 15.6 Å². The van der Waals surface area contributed by atoms with Crippen LogP contribution in [0.3, 0.4) is 0 Å². The van der Waals surface area contributed by atoms with Gasteiger partial charge in [0.25, 0.3) is 5.91 Å². The molecule has 7 nitrogen and oxygen atoms in total. The van der Waals surface area contributed by atoms with Crippen molar-refractivity contribution in [2.45, 2.75) is 0 Å². The molecule has 2 heterocycles. The maximum absolute atomic E-state index is 12.8. The summed E-state index contributed by atoms with van der Waals surface area (Å²) in [6.45, 7) is 3.77. The molecule has 1 saturated heterocycles. The number of hydrogen-bond donors (Lipinski definition) is 2. The van der Waals surface area contributed by atoms with Crippen LogP contribution in [0.5, 0.6) is 0 Å². The number of rotatable bonds is 6. The number of aromatic nitrogens is 1. The number of carbonyl (C=O) groups is 2. The summed E-state index contributed by atoms with van der Waals surface area (Å²) in [5.74, 6) is -0.114. The van der Waals surface area contributed by atoms with E-state index in [9.17, 15) is 9.59 Å². The van der Waals surface area contributed by atoms with Crippen molar-refractivity contribution in [2.75, 3.05) is 43.4 Å². The molecule has 0 spiro atoms. The molecule has 3 aromatic rings. The van der Waals surface area contributed by atoms with Crippen molar-refractivity contribution in [3.63, 3.8) is 0 Å². The van der Waals surface area contributed by atoms with Gasteiger partial charge in [-0.3, -0.25) is 15.0 Å². The van der Waals surface area contributed by atoms with Crippen LogP contribution in [-0.2, 0) is 0 Å². The van der Waals surface area contributed by atoms with Gasteiger partial charge in [-0.15, -0.1) is 11.3 Å². The van der Waals surface area contributed by atoms with Gasteiger partial charge < -0.3 is 10.2 Å². The molecule has 0 unspecified atom stereocenters. The Kier molecular flexibility index (Phi) is 7.72. The number of benzene rings is 2. The first-order valence-corrected chi connectivity index (χ1v) is 11.8. The lowest BCUT2D eigenvalue weighted by molar-refractivity contribution is 0.0645. The van der Waals surface area contributed by atoms with Crippen molar-refractivity contribution in [3.05, 3.63) is 82.3 Å². The van der Waals surface area contributed by atoms with E-state index in [-0.39, 0.29) is 5.91 Å². The van der Waals surface area contributed by atoms with Crippen molar-refractivity contribution < 1.29 is 9.59 Å². The number of nitrogens with zero attached hydrogens (tertiary/aromatic N) is 3. The van der Waals surface area contributed by atoms with E-state index in [0.29, 0.717) is 34.6 Å². The molecule has 0 bridgehead atoms. The number of nitrogens with one attached hydrogen (secondary N) is 2. The van der Waals surface area contributed by atoms with Crippen molar-refractivity contribution in [1.82, 2.24) is 14.8 Å². The molecule has 1 aromatic heterocycles. The van der Waals surface area contributed by atoms with Gasteiger partial charge in [0.05, 0.1) is 0 Å². The maximum Gasteiger partial charge on any atom is 0.325 e. The van der Waals surface area contributed by atoms with Crippen LogP contribution in [0.15, 0.2) is 66.1 Å². The van der Waals surface area contributed by atoms with Crippen molar-refractivity contribution >= 4 is 51.8 Å². The normalized spacial score (nSPS) is 14.4. The van der Waals surface area contributed by atoms with E-state index in [2.05, 4.69) is 44.8 Å². The Bertz CT molecular complexity index is 1110. The van der Waals surface area contributed by atoms with Crippen molar-refractivity contribution in [3.8, 4) is 0 Å². The molecule has 3 amide bonds.